The van der Waals surface area contributed by atoms with E-state index in [-0.39, 0.29) is 99.5 Å². The summed E-state index contributed by atoms with van der Waals surface area (Å²) in [6.07, 6.45) is 0.642. The average molecular weight is 1110 g/mol. The van der Waals surface area contributed by atoms with Crippen molar-refractivity contribution >= 4 is 85.2 Å². The number of amides is 6. The molecule has 9 aromatic rings. The molecule has 9 N–H and O–H groups in total. The van der Waals surface area contributed by atoms with Gasteiger partial charge in [0, 0.05) is 112 Å². The zero-order valence-corrected chi connectivity index (χ0v) is 46.7. The lowest BCUT2D eigenvalue weighted by Gasteiger charge is -2.20. The fraction of sp³-hybridized carbons (Fsp3) is 0.250. The molecule has 3 aromatic heterocycles. The van der Waals surface area contributed by atoms with E-state index in [1.165, 1.54) is 0 Å². The smallest absolute Gasteiger partial charge is 0.226 e. The first-order valence-electron chi connectivity index (χ1n) is 27.1. The van der Waals surface area contributed by atoms with Crippen molar-refractivity contribution in [1.82, 2.24) is 30.9 Å². The van der Waals surface area contributed by atoms with Crippen LogP contribution in [0.15, 0.2) is 127 Å². The van der Waals surface area contributed by atoms with E-state index in [0.29, 0.717) is 34.3 Å². The third kappa shape index (κ3) is 13.9. The maximum atomic E-state index is 13.1. The number of H-pyrrole nitrogens is 3. The first-order valence-corrected chi connectivity index (χ1v) is 27.1. The summed E-state index contributed by atoms with van der Waals surface area (Å²) >= 11 is 0. The van der Waals surface area contributed by atoms with E-state index in [1.54, 1.807) is 21.3 Å². The molecule has 6 aromatic carbocycles. The van der Waals surface area contributed by atoms with E-state index >= 15 is 0 Å². The van der Waals surface area contributed by atoms with Gasteiger partial charge in [0.25, 0.3) is 0 Å². The molecule has 0 aliphatic heterocycles. The molecule has 82 heavy (non-hydrogen) atoms. The van der Waals surface area contributed by atoms with Crippen molar-refractivity contribution in [1.29, 1.82) is 0 Å². The molecule has 0 aliphatic carbocycles. The number of carbonyl (C=O) groups excluding carboxylic acids is 6. The summed E-state index contributed by atoms with van der Waals surface area (Å²) < 4.78 is 16.2. The Morgan fingerprint density at radius 3 is 0.902 bits per heavy atom. The van der Waals surface area contributed by atoms with E-state index in [9.17, 15) is 28.8 Å². The minimum absolute atomic E-state index is 0.0650. The molecule has 18 nitrogen and oxygen atoms in total. The number of nitrogens with one attached hydrogen (secondary N) is 9. The SMILES string of the molecule is COc1ccc2[nH]c(C)c(CC(=O)NCCC(=O)Nc3ccc(C(c4ccc(NC(=O)CCNC(=O)Cc5c(C)[nH]c6ccc(OC)cc56)cc4)c4ccc(NC(=O)CCNC(=O)Cc5c(C)[nH]c6ccc(OC)cc56)cc4)cc3)c2c1. The highest BCUT2D eigenvalue weighted by Crippen LogP contribution is 2.35. The van der Waals surface area contributed by atoms with Crippen LogP contribution in [0, 0.1) is 20.8 Å². The van der Waals surface area contributed by atoms with Gasteiger partial charge in [0.2, 0.25) is 35.4 Å². The fourth-order valence-electron chi connectivity index (χ4n) is 10.3. The van der Waals surface area contributed by atoms with Crippen molar-refractivity contribution < 1.29 is 43.0 Å². The monoisotopic (exact) mass is 1110 g/mol. The second kappa shape index (κ2) is 26.0. The third-order valence-corrected chi connectivity index (χ3v) is 14.6. The fourth-order valence-corrected chi connectivity index (χ4v) is 10.3. The Hall–Kier alpha value is -9.84. The Morgan fingerprint density at radius 1 is 0.378 bits per heavy atom. The van der Waals surface area contributed by atoms with Crippen molar-refractivity contribution in [3.05, 3.63) is 178 Å². The van der Waals surface area contributed by atoms with Crippen molar-refractivity contribution in [2.45, 2.75) is 65.2 Å². The van der Waals surface area contributed by atoms with Crippen LogP contribution in [-0.2, 0) is 48.0 Å². The minimum atomic E-state index is -0.314. The zero-order valence-electron chi connectivity index (χ0n) is 46.7. The molecule has 0 saturated carbocycles. The maximum absolute atomic E-state index is 13.1. The maximum Gasteiger partial charge on any atom is 0.226 e. The van der Waals surface area contributed by atoms with E-state index in [4.69, 9.17) is 14.2 Å². The molecular formula is C64H67N9O9. The molecule has 0 aliphatic rings. The van der Waals surface area contributed by atoms with Crippen LogP contribution >= 0.6 is 0 Å². The molecule has 3 heterocycles. The van der Waals surface area contributed by atoms with Gasteiger partial charge in [-0.25, -0.2) is 0 Å². The molecule has 0 unspecified atom stereocenters. The van der Waals surface area contributed by atoms with Crippen molar-refractivity contribution in [3.8, 4) is 17.2 Å². The lowest BCUT2D eigenvalue weighted by atomic mass is 9.85. The normalized spacial score (nSPS) is 11.2. The van der Waals surface area contributed by atoms with Crippen LogP contribution in [0.25, 0.3) is 32.7 Å². The van der Waals surface area contributed by atoms with Crippen LogP contribution in [0.3, 0.4) is 0 Å². The molecule has 0 bridgehead atoms. The van der Waals surface area contributed by atoms with Gasteiger partial charge in [-0.15, -0.1) is 0 Å². The Balaban J connectivity index is 0.812. The van der Waals surface area contributed by atoms with E-state index in [0.717, 1.165) is 83.2 Å². The van der Waals surface area contributed by atoms with Gasteiger partial charge < -0.3 is 61.1 Å². The van der Waals surface area contributed by atoms with E-state index in [1.807, 2.05) is 148 Å². The first-order chi connectivity index (χ1) is 39.6. The number of hydrogen-bond donors (Lipinski definition) is 9. The molecule has 0 saturated heterocycles. The summed E-state index contributed by atoms with van der Waals surface area (Å²) in [6.45, 7) is 6.23. The molecular weight excluding hydrogens is 1040 g/mol. The van der Waals surface area contributed by atoms with Gasteiger partial charge >= 0.3 is 0 Å². The minimum Gasteiger partial charge on any atom is -0.497 e. The average Bonchev–Trinajstić information content (AvgIpc) is 4.19. The number of aromatic nitrogens is 3. The molecule has 6 amide bonds. The second-order valence-corrected chi connectivity index (χ2v) is 20.2. The summed E-state index contributed by atoms with van der Waals surface area (Å²) in [5, 5.41) is 20.2. The molecule has 0 fully saturated rings. The third-order valence-electron chi connectivity index (χ3n) is 14.6. The van der Waals surface area contributed by atoms with Gasteiger partial charge in [-0.05, 0) is 145 Å². The number of carbonyl (C=O) groups is 6. The quantitative estimate of drug-likeness (QED) is 0.0261. The molecule has 18 heteroatoms. The zero-order chi connectivity index (χ0) is 57.9. The van der Waals surface area contributed by atoms with Crippen LogP contribution < -0.4 is 46.1 Å². The summed E-state index contributed by atoms with van der Waals surface area (Å²) in [6, 6.07) is 39.6. The van der Waals surface area contributed by atoms with Crippen LogP contribution in [-0.4, -0.2) is 91.4 Å². The van der Waals surface area contributed by atoms with Gasteiger partial charge in [-0.3, -0.25) is 28.8 Å². The summed E-state index contributed by atoms with van der Waals surface area (Å²) in [5.74, 6) is 0.388. The predicted octanol–water partition coefficient (Wildman–Crippen LogP) is 9.32. The lowest BCUT2D eigenvalue weighted by Crippen LogP contribution is -2.29. The summed E-state index contributed by atoms with van der Waals surface area (Å²) in [5.41, 5.74) is 12.5. The highest BCUT2D eigenvalue weighted by molar-refractivity contribution is 5.96. The van der Waals surface area contributed by atoms with Crippen molar-refractivity contribution in [3.63, 3.8) is 0 Å². The Bertz CT molecular complexity index is 3410. The predicted molar refractivity (Wildman–Crippen MR) is 319 cm³/mol. The van der Waals surface area contributed by atoms with Gasteiger partial charge in [0.05, 0.1) is 40.6 Å². The van der Waals surface area contributed by atoms with E-state index < -0.39 is 0 Å². The van der Waals surface area contributed by atoms with Crippen molar-refractivity contribution in [2.75, 3.05) is 56.9 Å². The number of hydrogen-bond acceptors (Lipinski definition) is 9. The van der Waals surface area contributed by atoms with Gasteiger partial charge in [-0.1, -0.05) is 36.4 Å². The molecule has 0 radical (unpaired) electrons. The number of ether oxygens (including phenoxy) is 3. The Morgan fingerprint density at radius 2 is 0.646 bits per heavy atom. The standard InChI is InChI=1S/C64H67N9O9/c1-37-49(52-31-46(80-4)19-22-55(52)68-37)34-61(77)65-28-25-58(74)71-43-13-7-40(8-14-43)64(41-9-15-44(16-10-41)72-59(75)26-29-66-62(78)35-50-38(2)69-56-23-20-47(81-5)32-53(50)56)42-11-17-45(18-12-42)73-60(76)27-30-67-63(79)36-51-39(3)70-57-24-21-48(82-6)33-54(51)57/h7-24,31-33,64,68-70H,25-30,34-36H2,1-6H3,(H,65,77)(H,66,78)(H,67,79)(H,71,74)(H,72,75)(H,73,76). The number of methoxy groups -OCH3 is 3. The van der Waals surface area contributed by atoms with Crippen LogP contribution in [0.2, 0.25) is 0 Å². The molecule has 0 atom stereocenters. The number of anilines is 3. The van der Waals surface area contributed by atoms with Crippen LogP contribution in [0.5, 0.6) is 17.2 Å². The van der Waals surface area contributed by atoms with E-state index in [2.05, 4.69) is 46.9 Å². The van der Waals surface area contributed by atoms with Gasteiger partial charge in [0.15, 0.2) is 0 Å². The first kappa shape index (κ1) is 56.9. The van der Waals surface area contributed by atoms with Gasteiger partial charge in [-0.2, -0.15) is 0 Å². The highest BCUT2D eigenvalue weighted by atomic mass is 16.5. The highest BCUT2D eigenvalue weighted by Gasteiger charge is 2.21. The van der Waals surface area contributed by atoms with Crippen LogP contribution in [0.1, 0.15) is 75.6 Å². The summed E-state index contributed by atoms with van der Waals surface area (Å²) in [7, 11) is 4.80. The van der Waals surface area contributed by atoms with Crippen LogP contribution in [0.4, 0.5) is 17.1 Å². The van der Waals surface area contributed by atoms with Crippen molar-refractivity contribution in [2.24, 2.45) is 0 Å². The number of aromatic amines is 3. The molecule has 422 valence electrons. The molecule has 0 spiro atoms. The number of rotatable bonds is 24. The topological polar surface area (TPSA) is 250 Å². The second-order valence-electron chi connectivity index (χ2n) is 20.2. The molecule has 9 rings (SSSR count). The number of benzene rings is 6. The largest absolute Gasteiger partial charge is 0.497 e. The Labute approximate surface area is 474 Å². The summed E-state index contributed by atoms with van der Waals surface area (Å²) in [4.78, 5) is 88.4. The lowest BCUT2D eigenvalue weighted by molar-refractivity contribution is -0.122. The Kier molecular flexibility index (Phi) is 18.0. The van der Waals surface area contributed by atoms with Gasteiger partial charge in [0.1, 0.15) is 17.2 Å². The number of aryl methyl sites for hydroxylation is 3. The number of fused-ring (bicyclic) bond motifs is 3.